The minimum absolute atomic E-state index is 0.0600. The van der Waals surface area contributed by atoms with E-state index in [9.17, 15) is 22.0 Å². The molecule has 2 aliphatic heterocycles. The van der Waals surface area contributed by atoms with Crippen molar-refractivity contribution >= 4 is 21.5 Å². The molecular weight excluding hydrogens is 498 g/mol. The maximum atomic E-state index is 14.6. The average Bonchev–Trinajstić information content (AvgIpc) is 3.66. The number of hydrogen-bond acceptors (Lipinski definition) is 5. The Hall–Kier alpha value is -2.66. The van der Waals surface area contributed by atoms with Gasteiger partial charge in [-0.05, 0) is 48.1 Å². The maximum absolute atomic E-state index is 14.6. The number of amides is 1. The predicted molar refractivity (Wildman–Crippen MR) is 138 cm³/mol. The van der Waals surface area contributed by atoms with Gasteiger partial charge < -0.3 is 10.2 Å². The van der Waals surface area contributed by atoms with Crippen LogP contribution in [0.25, 0.3) is 5.57 Å². The molecule has 198 valence electrons. The van der Waals surface area contributed by atoms with E-state index in [1.54, 1.807) is 11.0 Å². The Morgan fingerprint density at radius 2 is 1.81 bits per heavy atom. The van der Waals surface area contributed by atoms with Crippen molar-refractivity contribution in [2.75, 3.05) is 45.0 Å². The largest absolute Gasteiger partial charge is 0.326 e. The summed E-state index contributed by atoms with van der Waals surface area (Å²) in [6.07, 6.45) is 3.30. The molecule has 1 saturated carbocycles. The van der Waals surface area contributed by atoms with E-state index in [1.807, 2.05) is 30.3 Å². The van der Waals surface area contributed by atoms with Gasteiger partial charge in [0, 0.05) is 44.8 Å². The molecule has 0 radical (unpaired) electrons. The summed E-state index contributed by atoms with van der Waals surface area (Å²) in [5.74, 6) is -1.63. The molecule has 0 spiro atoms. The summed E-state index contributed by atoms with van der Waals surface area (Å²) in [6.45, 7) is 3.70. The van der Waals surface area contributed by atoms with Crippen molar-refractivity contribution in [3.05, 3.63) is 77.4 Å². The molecule has 1 saturated heterocycles. The highest BCUT2D eigenvalue weighted by atomic mass is 32.2. The highest BCUT2D eigenvalue weighted by Gasteiger charge is 2.43. The quantitative estimate of drug-likeness (QED) is 0.521. The number of hydrogen-bond donors (Lipinski definition) is 2. The first-order chi connectivity index (χ1) is 17.8. The zero-order chi connectivity index (χ0) is 26.0. The lowest BCUT2D eigenvalue weighted by Gasteiger charge is -2.30. The summed E-state index contributed by atoms with van der Waals surface area (Å²) in [6, 6.07) is 11.2. The molecule has 0 unspecified atom stereocenters. The van der Waals surface area contributed by atoms with Gasteiger partial charge in [0.05, 0.1) is 11.8 Å². The van der Waals surface area contributed by atoms with Gasteiger partial charge in [0.25, 0.3) is 0 Å². The minimum atomic E-state index is -3.71. The Labute approximate surface area is 216 Å². The zero-order valence-electron chi connectivity index (χ0n) is 20.6. The van der Waals surface area contributed by atoms with Crippen molar-refractivity contribution in [3.8, 4) is 0 Å². The van der Waals surface area contributed by atoms with Crippen LogP contribution in [0.2, 0.25) is 0 Å². The van der Waals surface area contributed by atoms with Crippen molar-refractivity contribution in [1.82, 2.24) is 19.8 Å². The first-order valence-electron chi connectivity index (χ1n) is 12.8. The van der Waals surface area contributed by atoms with Crippen molar-refractivity contribution < 1.29 is 22.0 Å². The smallest absolute Gasteiger partial charge is 0.242 e. The van der Waals surface area contributed by atoms with Crippen LogP contribution in [0.15, 0.2) is 54.6 Å². The number of nitrogens with zero attached hydrogens (tertiary/aromatic N) is 2. The number of piperazine rings is 1. The van der Waals surface area contributed by atoms with E-state index in [0.29, 0.717) is 12.1 Å². The molecule has 5 rings (SSSR count). The SMILES string of the molecule is O=C([C@@H](NS(=O)(=O)CCN1CCNCC1)C1CC1)N1CC(c2cc(F)ccc2F)=C[C@H]1c1ccccc1. The number of rotatable bonds is 9. The number of benzene rings is 2. The van der Waals surface area contributed by atoms with E-state index in [-0.39, 0.29) is 29.7 Å². The van der Waals surface area contributed by atoms with Gasteiger partial charge in [-0.3, -0.25) is 9.69 Å². The summed E-state index contributed by atoms with van der Waals surface area (Å²) in [5.41, 5.74) is 1.42. The second kappa shape index (κ2) is 11.0. The third kappa shape index (κ3) is 6.26. The minimum Gasteiger partial charge on any atom is -0.326 e. The summed E-state index contributed by atoms with van der Waals surface area (Å²) in [4.78, 5) is 17.6. The molecule has 0 aromatic heterocycles. The summed E-state index contributed by atoms with van der Waals surface area (Å²) in [7, 11) is -3.71. The van der Waals surface area contributed by atoms with Gasteiger partial charge >= 0.3 is 0 Å². The Bertz CT molecular complexity index is 1260. The molecule has 1 amide bonds. The molecule has 2 fully saturated rings. The fourth-order valence-electron chi connectivity index (χ4n) is 5.07. The van der Waals surface area contributed by atoms with Crippen LogP contribution in [0.3, 0.4) is 0 Å². The van der Waals surface area contributed by atoms with Crippen molar-refractivity contribution in [2.45, 2.75) is 24.9 Å². The predicted octanol–water partition coefficient (Wildman–Crippen LogP) is 2.53. The third-order valence-electron chi connectivity index (χ3n) is 7.29. The molecule has 2 N–H and O–H groups in total. The highest BCUT2D eigenvalue weighted by molar-refractivity contribution is 7.89. The van der Waals surface area contributed by atoms with Crippen LogP contribution < -0.4 is 10.0 Å². The molecule has 2 aromatic rings. The first-order valence-corrected chi connectivity index (χ1v) is 14.4. The number of carbonyl (C=O) groups excluding carboxylic acids is 1. The number of nitrogens with one attached hydrogen (secondary N) is 2. The van der Waals surface area contributed by atoms with E-state index in [2.05, 4.69) is 14.9 Å². The molecule has 10 heteroatoms. The topological polar surface area (TPSA) is 81.8 Å². The van der Waals surface area contributed by atoms with Gasteiger partial charge in [0.1, 0.15) is 17.7 Å². The molecule has 37 heavy (non-hydrogen) atoms. The van der Waals surface area contributed by atoms with Crippen molar-refractivity contribution in [3.63, 3.8) is 0 Å². The Balaban J connectivity index is 1.37. The van der Waals surface area contributed by atoms with Gasteiger partial charge in [0.2, 0.25) is 15.9 Å². The molecule has 2 heterocycles. The van der Waals surface area contributed by atoms with Crippen LogP contribution in [-0.2, 0) is 14.8 Å². The zero-order valence-corrected chi connectivity index (χ0v) is 21.4. The summed E-state index contributed by atoms with van der Waals surface area (Å²) in [5, 5.41) is 3.25. The fraction of sp³-hybridized carbons (Fsp3) is 0.444. The molecule has 1 aliphatic carbocycles. The van der Waals surface area contributed by atoms with E-state index in [4.69, 9.17) is 0 Å². The van der Waals surface area contributed by atoms with E-state index < -0.39 is 33.7 Å². The lowest BCUT2D eigenvalue weighted by molar-refractivity contribution is -0.134. The van der Waals surface area contributed by atoms with Crippen LogP contribution in [0.1, 0.15) is 30.0 Å². The van der Waals surface area contributed by atoms with Gasteiger partial charge in [-0.15, -0.1) is 0 Å². The first kappa shape index (κ1) is 26.0. The van der Waals surface area contributed by atoms with E-state index >= 15 is 0 Å². The number of carbonyl (C=O) groups is 1. The Morgan fingerprint density at radius 3 is 2.51 bits per heavy atom. The van der Waals surface area contributed by atoms with Crippen LogP contribution in [0.5, 0.6) is 0 Å². The molecule has 3 aliphatic rings. The van der Waals surface area contributed by atoms with E-state index in [1.165, 1.54) is 0 Å². The van der Waals surface area contributed by atoms with E-state index in [0.717, 1.165) is 62.8 Å². The van der Waals surface area contributed by atoms with Crippen LogP contribution in [0.4, 0.5) is 8.78 Å². The van der Waals surface area contributed by atoms with Crippen molar-refractivity contribution in [1.29, 1.82) is 0 Å². The Kier molecular flexibility index (Phi) is 7.71. The normalized spacial score (nSPS) is 21.6. The average molecular weight is 531 g/mol. The maximum Gasteiger partial charge on any atom is 0.242 e. The Morgan fingerprint density at radius 1 is 1.08 bits per heavy atom. The fourth-order valence-corrected chi connectivity index (χ4v) is 6.36. The van der Waals surface area contributed by atoms with Crippen molar-refractivity contribution in [2.24, 2.45) is 5.92 Å². The number of halogens is 2. The lowest BCUT2D eigenvalue weighted by Crippen LogP contribution is -2.51. The standard InChI is InChI=1S/C27H32F2N4O3S/c28-22-8-9-24(29)23(17-22)21-16-25(19-4-2-1-3-5-19)33(18-21)27(34)26(20-6-7-20)31-37(35,36)15-14-32-12-10-30-11-13-32/h1-5,8-9,16-17,20,25-26,30-31H,6-7,10-15,18H2/t25-,26-/m0/s1. The lowest BCUT2D eigenvalue weighted by atomic mass is 10.0. The molecule has 2 atom stereocenters. The second-order valence-corrected chi connectivity index (χ2v) is 11.9. The highest BCUT2D eigenvalue weighted by Crippen LogP contribution is 2.39. The van der Waals surface area contributed by atoms with Gasteiger partial charge in [-0.2, -0.15) is 0 Å². The summed E-state index contributed by atoms with van der Waals surface area (Å²) >= 11 is 0. The molecule has 2 aromatic carbocycles. The molecular formula is C27H32F2N4O3S. The van der Waals surface area contributed by atoms with Gasteiger partial charge in [-0.25, -0.2) is 21.9 Å². The summed E-state index contributed by atoms with van der Waals surface area (Å²) < 4.78 is 57.3. The van der Waals surface area contributed by atoms with Crippen LogP contribution >= 0.6 is 0 Å². The molecule has 0 bridgehead atoms. The van der Waals surface area contributed by atoms with Crippen LogP contribution in [-0.4, -0.2) is 75.2 Å². The third-order valence-corrected chi connectivity index (χ3v) is 8.62. The van der Waals surface area contributed by atoms with Gasteiger partial charge in [0.15, 0.2) is 0 Å². The number of sulfonamides is 1. The second-order valence-electron chi connectivity index (χ2n) is 9.98. The monoisotopic (exact) mass is 530 g/mol. The van der Waals surface area contributed by atoms with Gasteiger partial charge in [-0.1, -0.05) is 36.4 Å². The van der Waals surface area contributed by atoms with Crippen LogP contribution in [0, 0.1) is 17.6 Å². The molecule has 7 nitrogen and oxygen atoms in total.